The first-order chi connectivity index (χ1) is 5.24. The Morgan fingerprint density at radius 1 is 1.27 bits per heavy atom. The van der Waals surface area contributed by atoms with Crippen LogP contribution >= 0.6 is 23.2 Å². The number of amides is 1. The highest BCUT2D eigenvalue weighted by molar-refractivity contribution is 6.62. The van der Waals surface area contributed by atoms with E-state index in [0.717, 1.165) is 13.1 Å². The second kappa shape index (κ2) is 4.14. The molecule has 5 heteroatoms. The molecule has 0 atom stereocenters. The first-order valence-electron chi connectivity index (χ1n) is 3.47. The predicted molar refractivity (Wildman–Crippen MR) is 45.1 cm³/mol. The minimum Gasteiger partial charge on any atom is -0.327 e. The second-order valence-corrected chi connectivity index (χ2v) is 3.04. The van der Waals surface area contributed by atoms with E-state index < -0.39 is 0 Å². The first-order valence-corrected chi connectivity index (χ1v) is 4.38. The summed E-state index contributed by atoms with van der Waals surface area (Å²) in [6.07, 6.45) is 0. The summed E-state index contributed by atoms with van der Waals surface area (Å²) < 4.78 is 0. The van der Waals surface area contributed by atoms with Crippen LogP contribution < -0.4 is 0 Å². The average molecular weight is 197 g/mol. The second-order valence-electron chi connectivity index (χ2n) is 2.48. The zero-order chi connectivity index (χ0) is 8.27. The zero-order valence-electron chi connectivity index (χ0n) is 6.09. The van der Waals surface area contributed by atoms with E-state index in [2.05, 4.69) is 4.90 Å². The Balaban J connectivity index is 2.30. The minimum absolute atomic E-state index is 0.362. The van der Waals surface area contributed by atoms with E-state index in [1.54, 1.807) is 4.90 Å². The molecule has 1 amide bonds. The summed E-state index contributed by atoms with van der Waals surface area (Å²) >= 11 is 10.9. The van der Waals surface area contributed by atoms with Gasteiger partial charge < -0.3 is 4.90 Å². The highest BCUT2D eigenvalue weighted by Gasteiger charge is 2.18. The van der Waals surface area contributed by atoms with Gasteiger partial charge in [0.2, 0.25) is 0 Å². The molecule has 1 heterocycles. The van der Waals surface area contributed by atoms with Gasteiger partial charge in [-0.15, -0.1) is 11.6 Å². The highest BCUT2D eigenvalue weighted by Crippen LogP contribution is 2.04. The molecular weight excluding hydrogens is 187 g/mol. The van der Waals surface area contributed by atoms with E-state index in [9.17, 15) is 4.79 Å². The summed E-state index contributed by atoms with van der Waals surface area (Å²) in [5, 5.41) is -0.362. The number of halogens is 2. The van der Waals surface area contributed by atoms with Crippen LogP contribution in [0.15, 0.2) is 0 Å². The van der Waals surface area contributed by atoms with Crippen LogP contribution in [0.3, 0.4) is 0 Å². The van der Waals surface area contributed by atoms with Crippen molar-refractivity contribution < 1.29 is 4.79 Å². The highest BCUT2D eigenvalue weighted by atomic mass is 35.5. The largest absolute Gasteiger partial charge is 0.327 e. The van der Waals surface area contributed by atoms with Crippen LogP contribution in [0.2, 0.25) is 0 Å². The van der Waals surface area contributed by atoms with Crippen LogP contribution in [0.25, 0.3) is 0 Å². The fourth-order valence-electron chi connectivity index (χ4n) is 1.04. The van der Waals surface area contributed by atoms with Gasteiger partial charge in [0.15, 0.2) is 0 Å². The van der Waals surface area contributed by atoms with E-state index >= 15 is 0 Å². The molecule has 11 heavy (non-hydrogen) atoms. The number of hydrogen-bond donors (Lipinski definition) is 0. The molecule has 1 aliphatic heterocycles. The standard InChI is InChI=1S/C6H10Cl2N2O/c7-5-9-1-3-10(4-2-9)6(8)11/h1-5H2. The van der Waals surface area contributed by atoms with Crippen molar-refractivity contribution in [3.63, 3.8) is 0 Å². The van der Waals surface area contributed by atoms with E-state index in [0.29, 0.717) is 19.1 Å². The molecule has 0 aliphatic carbocycles. The van der Waals surface area contributed by atoms with Gasteiger partial charge in [0.05, 0.1) is 6.00 Å². The average Bonchev–Trinajstić information content (AvgIpc) is 2.05. The minimum atomic E-state index is -0.362. The molecule has 0 aromatic carbocycles. The van der Waals surface area contributed by atoms with Gasteiger partial charge in [-0.2, -0.15) is 0 Å². The molecule has 0 saturated carbocycles. The molecule has 1 rings (SSSR count). The van der Waals surface area contributed by atoms with Crippen molar-refractivity contribution in [3.8, 4) is 0 Å². The Hall–Kier alpha value is 0.01000. The maximum Gasteiger partial charge on any atom is 0.316 e. The van der Waals surface area contributed by atoms with Crippen molar-refractivity contribution in [2.24, 2.45) is 0 Å². The lowest BCUT2D eigenvalue weighted by Gasteiger charge is -2.31. The molecule has 0 unspecified atom stereocenters. The van der Waals surface area contributed by atoms with Crippen LogP contribution in [-0.4, -0.2) is 47.3 Å². The van der Waals surface area contributed by atoms with Gasteiger partial charge in [0, 0.05) is 26.2 Å². The van der Waals surface area contributed by atoms with Crippen molar-refractivity contribution in [1.29, 1.82) is 0 Å². The third-order valence-electron chi connectivity index (χ3n) is 1.79. The normalized spacial score (nSPS) is 20.4. The summed E-state index contributed by atoms with van der Waals surface area (Å²) in [6, 6.07) is 0.532. The lowest BCUT2D eigenvalue weighted by atomic mass is 10.4. The Morgan fingerprint density at radius 2 is 1.82 bits per heavy atom. The fourth-order valence-corrected chi connectivity index (χ4v) is 1.45. The van der Waals surface area contributed by atoms with Crippen molar-refractivity contribution in [2.45, 2.75) is 0 Å². The molecule has 3 nitrogen and oxygen atoms in total. The molecule has 0 bridgehead atoms. The van der Waals surface area contributed by atoms with Crippen LogP contribution in [0.4, 0.5) is 4.79 Å². The molecule has 1 aliphatic rings. The topological polar surface area (TPSA) is 23.6 Å². The van der Waals surface area contributed by atoms with Gasteiger partial charge in [-0.25, -0.2) is 0 Å². The van der Waals surface area contributed by atoms with Gasteiger partial charge in [-0.1, -0.05) is 0 Å². The Bertz CT molecular complexity index is 146. The quantitative estimate of drug-likeness (QED) is 0.357. The molecular formula is C6H10Cl2N2O. The Labute approximate surface area is 75.8 Å². The van der Waals surface area contributed by atoms with E-state index in [1.807, 2.05) is 0 Å². The number of carbonyl (C=O) groups excluding carboxylic acids is 1. The molecule has 0 spiro atoms. The van der Waals surface area contributed by atoms with E-state index in [4.69, 9.17) is 23.2 Å². The van der Waals surface area contributed by atoms with Crippen molar-refractivity contribution in [3.05, 3.63) is 0 Å². The van der Waals surface area contributed by atoms with Crippen molar-refractivity contribution in [2.75, 3.05) is 32.2 Å². The fraction of sp³-hybridized carbons (Fsp3) is 0.833. The summed E-state index contributed by atoms with van der Waals surface area (Å²) in [5.74, 6) is 0. The first kappa shape index (κ1) is 9.10. The van der Waals surface area contributed by atoms with Crippen LogP contribution in [0.5, 0.6) is 0 Å². The van der Waals surface area contributed by atoms with Gasteiger partial charge >= 0.3 is 5.37 Å². The molecule has 1 saturated heterocycles. The number of alkyl halides is 1. The molecule has 0 aromatic rings. The lowest BCUT2D eigenvalue weighted by Crippen LogP contribution is -2.46. The predicted octanol–water partition coefficient (Wildman–Crippen LogP) is 1.16. The Kier molecular flexibility index (Phi) is 3.43. The summed E-state index contributed by atoms with van der Waals surface area (Å²) in [4.78, 5) is 14.3. The van der Waals surface area contributed by atoms with Gasteiger partial charge in [-0.05, 0) is 11.6 Å². The molecule has 64 valence electrons. The van der Waals surface area contributed by atoms with Crippen LogP contribution in [-0.2, 0) is 0 Å². The van der Waals surface area contributed by atoms with Crippen molar-refractivity contribution in [1.82, 2.24) is 9.80 Å². The summed E-state index contributed by atoms with van der Waals surface area (Å²) in [7, 11) is 0. The number of hydrogen-bond acceptors (Lipinski definition) is 2. The molecule has 0 radical (unpaired) electrons. The number of rotatable bonds is 1. The number of piperazine rings is 1. The summed E-state index contributed by atoms with van der Waals surface area (Å²) in [6.45, 7) is 3.02. The third-order valence-corrected chi connectivity index (χ3v) is 2.37. The maximum atomic E-state index is 10.6. The number of carbonyl (C=O) groups is 1. The monoisotopic (exact) mass is 196 g/mol. The smallest absolute Gasteiger partial charge is 0.316 e. The third kappa shape index (κ3) is 2.51. The number of nitrogens with zero attached hydrogens (tertiary/aromatic N) is 2. The molecule has 0 N–H and O–H groups in total. The van der Waals surface area contributed by atoms with Gasteiger partial charge in [0.25, 0.3) is 0 Å². The van der Waals surface area contributed by atoms with Crippen LogP contribution in [0, 0.1) is 0 Å². The van der Waals surface area contributed by atoms with Crippen LogP contribution in [0.1, 0.15) is 0 Å². The van der Waals surface area contributed by atoms with Crippen molar-refractivity contribution >= 4 is 28.6 Å². The maximum absolute atomic E-state index is 10.6. The van der Waals surface area contributed by atoms with E-state index in [-0.39, 0.29) is 5.37 Å². The molecule has 0 aromatic heterocycles. The van der Waals surface area contributed by atoms with Gasteiger partial charge in [0.1, 0.15) is 0 Å². The van der Waals surface area contributed by atoms with Gasteiger partial charge in [-0.3, -0.25) is 9.69 Å². The SMILES string of the molecule is O=C(Cl)N1CCN(CCl)CC1. The Morgan fingerprint density at radius 3 is 2.18 bits per heavy atom. The van der Waals surface area contributed by atoms with E-state index in [1.165, 1.54) is 0 Å². The zero-order valence-corrected chi connectivity index (χ0v) is 7.61. The molecule has 1 fully saturated rings. The lowest BCUT2D eigenvalue weighted by molar-refractivity contribution is 0.167. The summed E-state index contributed by atoms with van der Waals surface area (Å²) in [5.41, 5.74) is 0.